The van der Waals surface area contributed by atoms with Crippen molar-refractivity contribution in [2.75, 3.05) is 13.2 Å². The fourth-order valence-corrected chi connectivity index (χ4v) is 2.30. The summed E-state index contributed by atoms with van der Waals surface area (Å²) < 4.78 is 6.87. The number of hydrogen-bond donors (Lipinski definition) is 0. The van der Waals surface area contributed by atoms with Crippen molar-refractivity contribution in [2.45, 2.75) is 25.3 Å². The lowest BCUT2D eigenvalue weighted by Crippen LogP contribution is -2.43. The Bertz CT molecular complexity index is 453. The van der Waals surface area contributed by atoms with Gasteiger partial charge in [0.05, 0.1) is 0 Å². The molecule has 0 amide bonds. The van der Waals surface area contributed by atoms with Gasteiger partial charge in [-0.3, -0.25) is 4.79 Å². The van der Waals surface area contributed by atoms with E-state index in [1.165, 1.54) is 0 Å². The van der Waals surface area contributed by atoms with E-state index in [0.717, 1.165) is 12.8 Å². The number of nitrogens with zero attached hydrogens (tertiary/aromatic N) is 2. The van der Waals surface area contributed by atoms with Gasteiger partial charge in [-0.15, -0.1) is 0 Å². The Hall–Kier alpha value is -0.580. The highest BCUT2D eigenvalue weighted by Crippen LogP contribution is 2.28. The van der Waals surface area contributed by atoms with Crippen molar-refractivity contribution in [1.29, 1.82) is 0 Å². The molecular formula is C10H12Cl2N2O2. The molecule has 0 unspecified atom stereocenters. The Labute approximate surface area is 103 Å². The zero-order chi connectivity index (χ0) is 11.8. The van der Waals surface area contributed by atoms with E-state index in [9.17, 15) is 4.79 Å². The van der Waals surface area contributed by atoms with Gasteiger partial charge in [-0.05, 0) is 19.8 Å². The molecule has 0 aromatic carbocycles. The lowest BCUT2D eigenvalue weighted by molar-refractivity contribution is 0.0279. The largest absolute Gasteiger partial charge is 0.381 e. The van der Waals surface area contributed by atoms with E-state index in [1.54, 1.807) is 10.8 Å². The predicted molar refractivity (Wildman–Crippen MR) is 62.2 cm³/mol. The Kier molecular flexibility index (Phi) is 3.24. The summed E-state index contributed by atoms with van der Waals surface area (Å²) in [7, 11) is 0. The van der Waals surface area contributed by atoms with Crippen LogP contribution in [0.2, 0.25) is 10.3 Å². The highest BCUT2D eigenvalue weighted by Gasteiger charge is 2.31. The zero-order valence-corrected chi connectivity index (χ0v) is 10.4. The van der Waals surface area contributed by atoms with E-state index < -0.39 is 0 Å². The van der Waals surface area contributed by atoms with Crippen LogP contribution in [-0.4, -0.2) is 22.8 Å². The minimum atomic E-state index is -0.296. The van der Waals surface area contributed by atoms with Crippen molar-refractivity contribution in [1.82, 2.24) is 9.55 Å². The SMILES string of the molecule is CC1(n2cc(Cl)nc(Cl)c2=O)CCOCC1. The molecule has 1 aliphatic heterocycles. The lowest BCUT2D eigenvalue weighted by Gasteiger charge is -2.35. The standard InChI is InChI=1S/C10H12Cl2N2O2/c1-10(2-4-16-5-3-10)14-6-7(11)13-8(12)9(14)15/h6H,2-5H2,1H3. The summed E-state index contributed by atoms with van der Waals surface area (Å²) in [5.41, 5.74) is -0.582. The van der Waals surface area contributed by atoms with E-state index >= 15 is 0 Å². The molecule has 0 aliphatic carbocycles. The van der Waals surface area contributed by atoms with Crippen molar-refractivity contribution in [3.63, 3.8) is 0 Å². The molecule has 2 rings (SSSR count). The van der Waals surface area contributed by atoms with Gasteiger partial charge in [0.1, 0.15) is 5.15 Å². The number of hydrogen-bond acceptors (Lipinski definition) is 3. The van der Waals surface area contributed by atoms with Crippen molar-refractivity contribution < 1.29 is 4.74 Å². The first-order valence-corrected chi connectivity index (χ1v) is 5.81. The van der Waals surface area contributed by atoms with Gasteiger partial charge in [0.2, 0.25) is 0 Å². The predicted octanol–water partition coefficient (Wildman–Crippen LogP) is 2.08. The topological polar surface area (TPSA) is 44.1 Å². The highest BCUT2D eigenvalue weighted by molar-refractivity contribution is 6.32. The molecular weight excluding hydrogens is 251 g/mol. The maximum absolute atomic E-state index is 11.9. The first-order valence-electron chi connectivity index (χ1n) is 5.06. The smallest absolute Gasteiger partial charge is 0.288 e. The molecule has 16 heavy (non-hydrogen) atoms. The van der Waals surface area contributed by atoms with Gasteiger partial charge < -0.3 is 9.30 Å². The fraction of sp³-hybridized carbons (Fsp3) is 0.600. The number of halogens is 2. The van der Waals surface area contributed by atoms with Gasteiger partial charge in [-0.25, -0.2) is 4.98 Å². The number of rotatable bonds is 1. The minimum Gasteiger partial charge on any atom is -0.381 e. The summed E-state index contributed by atoms with van der Waals surface area (Å²) >= 11 is 11.6. The molecule has 0 atom stereocenters. The molecule has 1 aliphatic rings. The van der Waals surface area contributed by atoms with Gasteiger partial charge in [0.15, 0.2) is 5.15 Å². The Morgan fingerprint density at radius 1 is 1.44 bits per heavy atom. The summed E-state index contributed by atoms with van der Waals surface area (Å²) in [5, 5.41) is 0.150. The third kappa shape index (κ3) is 2.10. The molecule has 88 valence electrons. The second kappa shape index (κ2) is 4.35. The maximum atomic E-state index is 11.9. The van der Waals surface area contributed by atoms with Gasteiger partial charge in [0.25, 0.3) is 5.56 Å². The van der Waals surface area contributed by atoms with Crippen LogP contribution in [0.4, 0.5) is 0 Å². The van der Waals surface area contributed by atoms with Crippen LogP contribution >= 0.6 is 23.2 Å². The molecule has 0 N–H and O–H groups in total. The molecule has 4 nitrogen and oxygen atoms in total. The fourth-order valence-electron chi connectivity index (χ4n) is 1.89. The van der Waals surface area contributed by atoms with Crippen LogP contribution < -0.4 is 5.56 Å². The number of aromatic nitrogens is 2. The van der Waals surface area contributed by atoms with E-state index in [1.807, 2.05) is 6.92 Å². The number of ether oxygens (including phenoxy) is 1. The second-order valence-corrected chi connectivity index (χ2v) is 4.88. The molecule has 1 aromatic heterocycles. The maximum Gasteiger partial charge on any atom is 0.288 e. The third-order valence-electron chi connectivity index (χ3n) is 2.99. The molecule has 0 saturated carbocycles. The zero-order valence-electron chi connectivity index (χ0n) is 8.87. The molecule has 0 spiro atoms. The van der Waals surface area contributed by atoms with Crippen molar-refractivity contribution in [3.8, 4) is 0 Å². The minimum absolute atomic E-state index is 0.0831. The van der Waals surface area contributed by atoms with Crippen LogP contribution in [0, 0.1) is 0 Å². The molecule has 1 aromatic rings. The monoisotopic (exact) mass is 262 g/mol. The van der Waals surface area contributed by atoms with E-state index in [2.05, 4.69) is 4.98 Å². The van der Waals surface area contributed by atoms with Crippen LogP contribution in [0.5, 0.6) is 0 Å². The summed E-state index contributed by atoms with van der Waals surface area (Å²) in [5.74, 6) is 0. The van der Waals surface area contributed by atoms with Gasteiger partial charge in [-0.2, -0.15) is 0 Å². The molecule has 2 heterocycles. The van der Waals surface area contributed by atoms with E-state index in [0.29, 0.717) is 13.2 Å². The molecule has 0 bridgehead atoms. The summed E-state index contributed by atoms with van der Waals surface area (Å²) in [6, 6.07) is 0. The Balaban J connectivity index is 2.50. The van der Waals surface area contributed by atoms with Gasteiger partial charge >= 0.3 is 0 Å². The summed E-state index contributed by atoms with van der Waals surface area (Å²) in [6.07, 6.45) is 3.08. The lowest BCUT2D eigenvalue weighted by atomic mass is 9.92. The second-order valence-electron chi connectivity index (χ2n) is 4.14. The van der Waals surface area contributed by atoms with Crippen LogP contribution in [0.1, 0.15) is 19.8 Å². The summed E-state index contributed by atoms with van der Waals surface area (Å²) in [6.45, 7) is 3.28. The normalized spacial score (nSPS) is 19.7. The quantitative estimate of drug-likeness (QED) is 0.779. The first-order chi connectivity index (χ1) is 7.53. The summed E-state index contributed by atoms with van der Waals surface area (Å²) in [4.78, 5) is 15.6. The average molecular weight is 263 g/mol. The molecule has 6 heteroatoms. The van der Waals surface area contributed by atoms with Crippen LogP contribution in [0.25, 0.3) is 0 Å². The van der Waals surface area contributed by atoms with Crippen molar-refractivity contribution >= 4 is 23.2 Å². The Morgan fingerprint density at radius 2 is 2.06 bits per heavy atom. The van der Waals surface area contributed by atoms with Crippen molar-refractivity contribution in [3.05, 3.63) is 26.9 Å². The van der Waals surface area contributed by atoms with Crippen molar-refractivity contribution in [2.24, 2.45) is 0 Å². The van der Waals surface area contributed by atoms with Gasteiger partial charge in [-0.1, -0.05) is 23.2 Å². The van der Waals surface area contributed by atoms with Gasteiger partial charge in [0, 0.05) is 24.9 Å². The molecule has 1 saturated heterocycles. The Morgan fingerprint density at radius 3 is 2.69 bits per heavy atom. The molecule has 1 fully saturated rings. The van der Waals surface area contributed by atoms with Crippen LogP contribution in [0.3, 0.4) is 0 Å². The van der Waals surface area contributed by atoms with Crippen LogP contribution in [-0.2, 0) is 10.3 Å². The average Bonchev–Trinajstić information content (AvgIpc) is 2.24. The molecule has 0 radical (unpaired) electrons. The van der Waals surface area contributed by atoms with Crippen LogP contribution in [0.15, 0.2) is 11.0 Å². The van der Waals surface area contributed by atoms with E-state index in [-0.39, 0.29) is 21.4 Å². The van der Waals surface area contributed by atoms with E-state index in [4.69, 9.17) is 27.9 Å². The highest BCUT2D eigenvalue weighted by atomic mass is 35.5. The first kappa shape index (κ1) is 11.9. The third-order valence-corrected chi connectivity index (χ3v) is 3.42.